The Labute approximate surface area is 157 Å². The van der Waals surface area contributed by atoms with E-state index in [1.54, 1.807) is 26.0 Å². The fourth-order valence-corrected chi connectivity index (χ4v) is 3.56. The summed E-state index contributed by atoms with van der Waals surface area (Å²) in [6.45, 7) is 5.20. The van der Waals surface area contributed by atoms with Crippen molar-refractivity contribution in [1.29, 1.82) is 0 Å². The molecule has 0 bridgehead atoms. The summed E-state index contributed by atoms with van der Waals surface area (Å²) in [6.07, 6.45) is 0. The summed E-state index contributed by atoms with van der Waals surface area (Å²) in [5, 5.41) is 10.7. The second-order valence-corrected chi connectivity index (χ2v) is 8.04. The largest absolute Gasteiger partial charge is 0.425 e. The molecule has 27 heavy (non-hydrogen) atoms. The van der Waals surface area contributed by atoms with E-state index >= 15 is 0 Å². The number of nitro benzene ring substituents is 1. The average molecular weight is 392 g/mol. The van der Waals surface area contributed by atoms with Crippen LogP contribution in [0.1, 0.15) is 19.4 Å². The molecule has 1 atom stereocenters. The van der Waals surface area contributed by atoms with Crippen molar-refractivity contribution in [2.75, 3.05) is 0 Å². The third-order valence-corrected chi connectivity index (χ3v) is 5.26. The van der Waals surface area contributed by atoms with E-state index < -0.39 is 27.0 Å². The highest BCUT2D eigenvalue weighted by Gasteiger charge is 2.30. The van der Waals surface area contributed by atoms with Gasteiger partial charge in [0, 0.05) is 12.1 Å². The molecule has 144 valence electrons. The van der Waals surface area contributed by atoms with Crippen molar-refractivity contribution in [3.63, 3.8) is 0 Å². The Balaban J connectivity index is 2.17. The number of nitrogens with one attached hydrogen (secondary N) is 1. The molecule has 0 aliphatic heterocycles. The number of nitrogens with zero attached hydrogens (tertiary/aromatic N) is 1. The lowest BCUT2D eigenvalue weighted by atomic mass is 10.1. The van der Waals surface area contributed by atoms with Gasteiger partial charge in [0.15, 0.2) is 0 Å². The van der Waals surface area contributed by atoms with Gasteiger partial charge in [0.2, 0.25) is 10.0 Å². The van der Waals surface area contributed by atoms with Gasteiger partial charge in [-0.05, 0) is 37.1 Å². The zero-order chi connectivity index (χ0) is 20.2. The normalized spacial score (nSPS) is 12.6. The van der Waals surface area contributed by atoms with E-state index in [9.17, 15) is 23.3 Å². The summed E-state index contributed by atoms with van der Waals surface area (Å²) in [5.74, 6) is -1.09. The number of rotatable bonds is 7. The quantitative estimate of drug-likeness (QED) is 0.335. The van der Waals surface area contributed by atoms with Gasteiger partial charge in [0.1, 0.15) is 11.8 Å². The molecule has 9 heteroatoms. The van der Waals surface area contributed by atoms with Crippen molar-refractivity contribution in [2.24, 2.45) is 5.92 Å². The summed E-state index contributed by atoms with van der Waals surface area (Å²) in [4.78, 5) is 22.6. The minimum Gasteiger partial charge on any atom is -0.425 e. The van der Waals surface area contributed by atoms with Crippen molar-refractivity contribution in [2.45, 2.75) is 31.7 Å². The molecule has 2 aromatic rings. The van der Waals surface area contributed by atoms with E-state index in [0.717, 1.165) is 5.56 Å². The first-order chi connectivity index (χ1) is 12.6. The first-order valence-electron chi connectivity index (χ1n) is 8.15. The fourth-order valence-electron chi connectivity index (χ4n) is 2.22. The highest BCUT2D eigenvalue weighted by Crippen LogP contribution is 2.19. The zero-order valence-electron chi connectivity index (χ0n) is 15.1. The monoisotopic (exact) mass is 392 g/mol. The second-order valence-electron chi connectivity index (χ2n) is 6.33. The Morgan fingerprint density at radius 2 is 1.63 bits per heavy atom. The Morgan fingerprint density at radius 1 is 1.07 bits per heavy atom. The molecule has 0 aliphatic rings. The van der Waals surface area contributed by atoms with Crippen LogP contribution < -0.4 is 9.46 Å². The predicted octanol–water partition coefficient (Wildman–Crippen LogP) is 2.81. The van der Waals surface area contributed by atoms with Crippen molar-refractivity contribution in [1.82, 2.24) is 4.72 Å². The number of hydrogen-bond donors (Lipinski definition) is 1. The molecule has 0 saturated heterocycles. The van der Waals surface area contributed by atoms with Gasteiger partial charge in [-0.3, -0.25) is 10.1 Å². The minimum atomic E-state index is -3.92. The summed E-state index contributed by atoms with van der Waals surface area (Å²) >= 11 is 0. The number of sulfonamides is 1. The van der Waals surface area contributed by atoms with Gasteiger partial charge >= 0.3 is 5.97 Å². The van der Waals surface area contributed by atoms with Crippen LogP contribution in [0.15, 0.2) is 53.4 Å². The maximum absolute atomic E-state index is 12.5. The number of carbonyl (C=O) groups excluding carboxylic acids is 1. The predicted molar refractivity (Wildman–Crippen MR) is 98.9 cm³/mol. The van der Waals surface area contributed by atoms with Gasteiger partial charge in [0.25, 0.3) is 5.69 Å². The number of carbonyl (C=O) groups is 1. The first kappa shape index (κ1) is 20.5. The molecular weight excluding hydrogens is 372 g/mol. The first-order valence-corrected chi connectivity index (χ1v) is 9.63. The van der Waals surface area contributed by atoms with Crippen molar-refractivity contribution >= 4 is 21.7 Å². The number of aryl methyl sites for hydroxylation is 1. The lowest BCUT2D eigenvalue weighted by Gasteiger charge is -2.20. The lowest BCUT2D eigenvalue weighted by Crippen LogP contribution is -2.46. The van der Waals surface area contributed by atoms with Gasteiger partial charge in [-0.15, -0.1) is 0 Å². The maximum Gasteiger partial charge on any atom is 0.329 e. The molecule has 0 aromatic heterocycles. The van der Waals surface area contributed by atoms with Crippen LogP contribution in [-0.4, -0.2) is 25.4 Å². The molecule has 0 saturated carbocycles. The minimum absolute atomic E-state index is 0.0434. The fraction of sp³-hybridized carbons (Fsp3) is 0.278. The molecule has 2 aromatic carbocycles. The molecule has 0 radical (unpaired) electrons. The van der Waals surface area contributed by atoms with Crippen LogP contribution in [0.2, 0.25) is 0 Å². The second kappa shape index (κ2) is 8.28. The summed E-state index contributed by atoms with van der Waals surface area (Å²) in [7, 11) is -3.92. The van der Waals surface area contributed by atoms with Crippen LogP contribution in [0.4, 0.5) is 5.69 Å². The zero-order valence-corrected chi connectivity index (χ0v) is 15.9. The van der Waals surface area contributed by atoms with Gasteiger partial charge in [-0.25, -0.2) is 13.2 Å². The van der Waals surface area contributed by atoms with Crippen LogP contribution in [0.3, 0.4) is 0 Å². The molecule has 0 spiro atoms. The summed E-state index contributed by atoms with van der Waals surface area (Å²) in [6, 6.07) is 10.1. The van der Waals surface area contributed by atoms with Crippen LogP contribution in [-0.2, 0) is 14.8 Å². The van der Waals surface area contributed by atoms with Crippen LogP contribution in [0.5, 0.6) is 5.75 Å². The highest BCUT2D eigenvalue weighted by atomic mass is 32.2. The Kier molecular flexibility index (Phi) is 6.29. The third kappa shape index (κ3) is 5.35. The molecule has 8 nitrogen and oxygen atoms in total. The molecule has 0 heterocycles. The highest BCUT2D eigenvalue weighted by molar-refractivity contribution is 7.89. The Morgan fingerprint density at radius 3 is 2.11 bits per heavy atom. The molecule has 1 unspecified atom stereocenters. The molecule has 0 aliphatic carbocycles. The smallest absolute Gasteiger partial charge is 0.329 e. The van der Waals surface area contributed by atoms with Gasteiger partial charge in [-0.2, -0.15) is 4.72 Å². The average Bonchev–Trinajstić information content (AvgIpc) is 2.60. The lowest BCUT2D eigenvalue weighted by molar-refractivity contribution is -0.384. The number of ether oxygens (including phenoxy) is 1. The maximum atomic E-state index is 12.5. The van der Waals surface area contributed by atoms with Crippen LogP contribution in [0.25, 0.3) is 0 Å². The number of hydrogen-bond acceptors (Lipinski definition) is 6. The van der Waals surface area contributed by atoms with E-state index in [1.807, 2.05) is 6.92 Å². The van der Waals surface area contributed by atoms with E-state index in [-0.39, 0.29) is 22.3 Å². The third-order valence-electron chi connectivity index (χ3n) is 3.80. The standard InChI is InChI=1S/C18H20N2O6S/c1-12(2)17(19-27(24,25)16-10-4-13(3)5-11-16)18(21)26-15-8-6-14(7-9-15)20(22)23/h4-12,17,19H,1-3H3. The van der Waals surface area contributed by atoms with E-state index in [1.165, 1.54) is 36.4 Å². The Bertz CT molecular complexity index is 921. The van der Waals surface area contributed by atoms with Gasteiger partial charge < -0.3 is 4.74 Å². The number of esters is 1. The number of benzene rings is 2. The SMILES string of the molecule is Cc1ccc(S(=O)(=O)NC(C(=O)Oc2ccc([N+](=O)[O-])cc2)C(C)C)cc1. The van der Waals surface area contributed by atoms with Gasteiger partial charge in [-0.1, -0.05) is 31.5 Å². The number of nitro groups is 1. The van der Waals surface area contributed by atoms with Gasteiger partial charge in [0.05, 0.1) is 9.82 Å². The molecular formula is C18H20N2O6S. The molecule has 1 N–H and O–H groups in total. The van der Waals surface area contributed by atoms with E-state index in [0.29, 0.717) is 0 Å². The van der Waals surface area contributed by atoms with E-state index in [4.69, 9.17) is 4.74 Å². The summed E-state index contributed by atoms with van der Waals surface area (Å²) in [5.41, 5.74) is 0.766. The molecule has 0 amide bonds. The van der Waals surface area contributed by atoms with E-state index in [2.05, 4.69) is 4.72 Å². The van der Waals surface area contributed by atoms with Crippen LogP contribution in [0, 0.1) is 23.0 Å². The van der Waals surface area contributed by atoms with Crippen LogP contribution >= 0.6 is 0 Å². The summed E-state index contributed by atoms with van der Waals surface area (Å²) < 4.78 is 32.6. The number of non-ortho nitro benzene ring substituents is 1. The van der Waals surface area contributed by atoms with Crippen molar-refractivity contribution in [3.05, 3.63) is 64.2 Å². The Hall–Kier alpha value is -2.78. The molecule has 2 rings (SSSR count). The topological polar surface area (TPSA) is 116 Å². The van der Waals surface area contributed by atoms with Crippen molar-refractivity contribution in [3.8, 4) is 5.75 Å². The van der Waals surface area contributed by atoms with Crippen molar-refractivity contribution < 1.29 is 22.9 Å². The molecule has 0 fully saturated rings.